The Morgan fingerprint density at radius 2 is 1.12 bits per heavy atom. The van der Waals surface area contributed by atoms with Gasteiger partial charge in [0.15, 0.2) is 23.8 Å². The number of hydrogen-bond acceptors (Lipinski definition) is 4. The molecule has 0 aromatic heterocycles. The summed E-state index contributed by atoms with van der Waals surface area (Å²) < 4.78 is 55.0. The lowest BCUT2D eigenvalue weighted by atomic mass is 9.59. The summed E-state index contributed by atoms with van der Waals surface area (Å²) >= 11 is 0. The van der Waals surface area contributed by atoms with Gasteiger partial charge in [-0.05, 0) is 68.4 Å². The Balaban J connectivity index is 1.72. The van der Waals surface area contributed by atoms with Crippen LogP contribution < -0.4 is 0 Å². The quantitative estimate of drug-likeness (QED) is 0.423. The molecule has 4 nitrogen and oxygen atoms in total. The van der Waals surface area contributed by atoms with Crippen molar-refractivity contribution in [3.63, 3.8) is 0 Å². The lowest BCUT2D eigenvalue weighted by Gasteiger charge is -2.45. The molecule has 0 amide bonds. The summed E-state index contributed by atoms with van der Waals surface area (Å²) in [6.45, 7) is 4.08. The van der Waals surface area contributed by atoms with Gasteiger partial charge in [-0.25, -0.2) is 16.8 Å². The number of hydrogen-bond donors (Lipinski definition) is 0. The predicted molar refractivity (Wildman–Crippen MR) is 134 cm³/mol. The Morgan fingerprint density at radius 1 is 0.676 bits per heavy atom. The van der Waals surface area contributed by atoms with E-state index in [4.69, 9.17) is 0 Å². The van der Waals surface area contributed by atoms with Crippen molar-refractivity contribution in [2.24, 2.45) is 11.8 Å². The fourth-order valence-electron chi connectivity index (χ4n) is 6.09. The largest absolute Gasteiger partial charge is 0.222 e. The van der Waals surface area contributed by atoms with E-state index in [2.05, 4.69) is 12.1 Å². The molecule has 0 unspecified atom stereocenters. The average molecular weight is 493 g/mol. The standard InChI is InChI=1S/C28H28O4S2/c1-20(2)26-24-18-28(33(29,30)22-14-8-4-9-15-22,34(31,32)23-16-10-5-11-17-23)19-25(24)27(26)21-12-6-3-7-13-21/h3-17,24-25,27H,18-19H2,1-2H3/t24-,25+,27-/m0/s1. The monoisotopic (exact) mass is 492 g/mol. The molecular formula is C28H28O4S2. The molecule has 3 atom stereocenters. The maximum Gasteiger partial charge on any atom is 0.198 e. The highest BCUT2D eigenvalue weighted by Crippen LogP contribution is 2.66. The number of fused-ring (bicyclic) bond motifs is 1. The van der Waals surface area contributed by atoms with E-state index in [0.717, 1.165) is 11.1 Å². The summed E-state index contributed by atoms with van der Waals surface area (Å²) in [6.07, 6.45) is 0.165. The van der Waals surface area contributed by atoms with Crippen molar-refractivity contribution in [3.8, 4) is 0 Å². The van der Waals surface area contributed by atoms with Gasteiger partial charge in [0.05, 0.1) is 9.79 Å². The van der Waals surface area contributed by atoms with E-state index in [-0.39, 0.29) is 40.4 Å². The molecule has 2 aliphatic rings. The lowest BCUT2D eigenvalue weighted by molar-refractivity contribution is 0.271. The summed E-state index contributed by atoms with van der Waals surface area (Å²) in [6, 6.07) is 26.1. The molecule has 176 valence electrons. The van der Waals surface area contributed by atoms with E-state index in [1.54, 1.807) is 36.4 Å². The number of sulfone groups is 2. The van der Waals surface area contributed by atoms with E-state index >= 15 is 0 Å². The Kier molecular flexibility index (Phi) is 5.57. The summed E-state index contributed by atoms with van der Waals surface area (Å²) in [4.78, 5) is 0.122. The van der Waals surface area contributed by atoms with Crippen LogP contribution in [0.5, 0.6) is 0 Å². The van der Waals surface area contributed by atoms with Crippen molar-refractivity contribution in [1.29, 1.82) is 0 Å². The minimum absolute atomic E-state index is 0.0371. The zero-order valence-corrected chi connectivity index (χ0v) is 20.9. The van der Waals surface area contributed by atoms with Crippen LogP contribution in [-0.4, -0.2) is 20.9 Å². The van der Waals surface area contributed by atoms with Crippen LogP contribution in [0.3, 0.4) is 0 Å². The SMILES string of the molecule is CC(C)=C1[C@H]2CC(S(=O)(=O)c3ccccc3)(S(=O)(=O)c3ccccc3)C[C@H]2[C@@H]1c1ccccc1. The summed E-state index contributed by atoms with van der Waals surface area (Å²) in [5.41, 5.74) is 3.44. The molecule has 6 heteroatoms. The van der Waals surface area contributed by atoms with Crippen molar-refractivity contribution in [1.82, 2.24) is 0 Å². The molecule has 0 aliphatic heterocycles. The van der Waals surface area contributed by atoms with Crippen molar-refractivity contribution in [3.05, 3.63) is 108 Å². The fourth-order valence-corrected chi connectivity index (χ4v) is 11.3. The maximum absolute atomic E-state index is 14.2. The van der Waals surface area contributed by atoms with Crippen LogP contribution in [-0.2, 0) is 19.7 Å². The number of rotatable bonds is 5. The van der Waals surface area contributed by atoms with E-state index in [0.29, 0.717) is 0 Å². The van der Waals surface area contributed by atoms with Gasteiger partial charge in [-0.15, -0.1) is 0 Å². The van der Waals surface area contributed by atoms with E-state index in [1.165, 1.54) is 29.8 Å². The average Bonchev–Trinajstić information content (AvgIpc) is 3.17. The number of allylic oxidation sites excluding steroid dienone is 2. The third-order valence-electron chi connectivity index (χ3n) is 7.58. The first-order valence-corrected chi connectivity index (χ1v) is 14.5. The van der Waals surface area contributed by atoms with Gasteiger partial charge in [-0.2, -0.15) is 0 Å². The highest BCUT2D eigenvalue weighted by molar-refractivity contribution is 8.10. The molecule has 3 aromatic rings. The maximum atomic E-state index is 14.2. The van der Waals surface area contributed by atoms with E-state index in [9.17, 15) is 16.8 Å². The minimum Gasteiger partial charge on any atom is -0.222 e. The zero-order chi connectivity index (χ0) is 24.1. The Bertz CT molecular complexity index is 1370. The van der Waals surface area contributed by atoms with Gasteiger partial charge in [0, 0.05) is 5.92 Å². The molecule has 2 saturated carbocycles. The first-order valence-electron chi connectivity index (χ1n) is 11.5. The number of benzene rings is 3. The smallest absolute Gasteiger partial charge is 0.198 e. The van der Waals surface area contributed by atoms with E-state index < -0.39 is 23.8 Å². The van der Waals surface area contributed by atoms with E-state index in [1.807, 2.05) is 32.0 Å². The second-order valence-corrected chi connectivity index (χ2v) is 14.3. The predicted octanol–water partition coefficient (Wildman–Crippen LogP) is 5.79. The third kappa shape index (κ3) is 3.23. The van der Waals surface area contributed by atoms with Crippen molar-refractivity contribution < 1.29 is 16.8 Å². The van der Waals surface area contributed by atoms with Crippen LogP contribution in [0.4, 0.5) is 0 Å². The summed E-state index contributed by atoms with van der Waals surface area (Å²) in [5, 5.41) is 0. The van der Waals surface area contributed by atoms with Gasteiger partial charge >= 0.3 is 0 Å². The highest BCUT2D eigenvalue weighted by atomic mass is 32.3. The first kappa shape index (κ1) is 23.1. The topological polar surface area (TPSA) is 68.3 Å². The van der Waals surface area contributed by atoms with Crippen molar-refractivity contribution >= 4 is 19.7 Å². The molecule has 34 heavy (non-hydrogen) atoms. The van der Waals surface area contributed by atoms with Crippen LogP contribution in [0.1, 0.15) is 38.2 Å². The molecule has 5 rings (SSSR count). The molecule has 0 radical (unpaired) electrons. The van der Waals surface area contributed by atoms with Gasteiger partial charge < -0.3 is 0 Å². The second-order valence-electron chi connectivity index (χ2n) is 9.57. The van der Waals surface area contributed by atoms with Crippen molar-refractivity contribution in [2.45, 2.75) is 46.5 Å². The molecule has 2 aliphatic carbocycles. The Morgan fingerprint density at radius 3 is 1.56 bits per heavy atom. The Hall–Kier alpha value is -2.70. The summed E-state index contributed by atoms with van der Waals surface area (Å²) in [5.74, 6) is -0.0912. The van der Waals surface area contributed by atoms with Crippen LogP contribution in [0.25, 0.3) is 0 Å². The lowest BCUT2D eigenvalue weighted by Crippen LogP contribution is -2.44. The third-order valence-corrected chi connectivity index (χ3v) is 13.3. The molecule has 0 bridgehead atoms. The first-order chi connectivity index (χ1) is 16.2. The molecular weight excluding hydrogens is 464 g/mol. The fraction of sp³-hybridized carbons (Fsp3) is 0.286. The molecule has 3 aromatic carbocycles. The van der Waals surface area contributed by atoms with Gasteiger partial charge in [0.1, 0.15) is 0 Å². The molecule has 0 heterocycles. The normalized spacial score (nSPS) is 23.7. The zero-order valence-electron chi connectivity index (χ0n) is 19.3. The second kappa shape index (κ2) is 8.21. The molecule has 0 N–H and O–H groups in total. The van der Waals surface area contributed by atoms with Gasteiger partial charge in [0.25, 0.3) is 0 Å². The van der Waals surface area contributed by atoms with Crippen LogP contribution in [0.15, 0.2) is 112 Å². The van der Waals surface area contributed by atoms with Crippen molar-refractivity contribution in [2.75, 3.05) is 0 Å². The molecule has 0 spiro atoms. The molecule has 2 fully saturated rings. The van der Waals surface area contributed by atoms with Crippen LogP contribution >= 0.6 is 0 Å². The van der Waals surface area contributed by atoms with Crippen LogP contribution in [0, 0.1) is 11.8 Å². The van der Waals surface area contributed by atoms with Gasteiger partial charge in [0.2, 0.25) is 0 Å². The summed E-state index contributed by atoms with van der Waals surface area (Å²) in [7, 11) is -8.39. The van der Waals surface area contributed by atoms with Gasteiger partial charge in [-0.1, -0.05) is 77.9 Å². The molecule has 0 saturated heterocycles. The Labute approximate surface area is 202 Å². The van der Waals surface area contributed by atoms with Crippen LogP contribution in [0.2, 0.25) is 0 Å². The van der Waals surface area contributed by atoms with Gasteiger partial charge in [-0.3, -0.25) is 0 Å². The minimum atomic E-state index is -4.20. The highest BCUT2D eigenvalue weighted by Gasteiger charge is 2.68.